The molecule has 0 spiro atoms. The van der Waals surface area contributed by atoms with Gasteiger partial charge in [-0.15, -0.1) is 0 Å². The zero-order chi connectivity index (χ0) is 10.3. The second-order valence-corrected chi connectivity index (χ2v) is 4.76. The van der Waals surface area contributed by atoms with Crippen LogP contribution in [0.2, 0.25) is 0 Å². The van der Waals surface area contributed by atoms with Crippen LogP contribution in [0.5, 0.6) is 0 Å². The van der Waals surface area contributed by atoms with Crippen molar-refractivity contribution in [2.45, 2.75) is 50.4 Å². The molecule has 0 radical (unpaired) electrons. The molecule has 3 nitrogen and oxygen atoms in total. The monoisotopic (exact) mass is 207 g/mol. The van der Waals surface area contributed by atoms with Gasteiger partial charge in [-0.3, -0.25) is 4.90 Å². The molecule has 1 aromatic heterocycles. The Morgan fingerprint density at radius 3 is 2.67 bits per heavy atom. The number of aliphatic hydroxyl groups excluding tert-OH is 1. The SMILES string of the molecule is OC1CC2CCC(C1)N2Cc1ccco1. The van der Waals surface area contributed by atoms with E-state index in [1.165, 1.54) is 12.8 Å². The summed E-state index contributed by atoms with van der Waals surface area (Å²) in [6, 6.07) is 5.12. The highest BCUT2D eigenvalue weighted by Gasteiger charge is 2.40. The molecule has 3 rings (SSSR count). The smallest absolute Gasteiger partial charge is 0.117 e. The summed E-state index contributed by atoms with van der Waals surface area (Å²) < 4.78 is 5.38. The maximum atomic E-state index is 9.68. The van der Waals surface area contributed by atoms with Crippen molar-refractivity contribution in [2.24, 2.45) is 0 Å². The minimum atomic E-state index is -0.0737. The standard InChI is InChI=1S/C12H17NO2/c14-11-6-9-3-4-10(7-11)13(9)8-12-2-1-5-15-12/h1-2,5,9-11,14H,3-4,6-8H2. The molecule has 0 aliphatic carbocycles. The van der Waals surface area contributed by atoms with E-state index in [-0.39, 0.29) is 6.10 Å². The van der Waals surface area contributed by atoms with Crippen molar-refractivity contribution in [2.75, 3.05) is 0 Å². The average molecular weight is 207 g/mol. The summed E-state index contributed by atoms with van der Waals surface area (Å²) in [5.74, 6) is 1.04. The van der Waals surface area contributed by atoms with Crippen molar-refractivity contribution in [3.63, 3.8) is 0 Å². The van der Waals surface area contributed by atoms with Gasteiger partial charge in [-0.2, -0.15) is 0 Å². The normalized spacial score (nSPS) is 35.9. The quantitative estimate of drug-likeness (QED) is 0.803. The van der Waals surface area contributed by atoms with Crippen molar-refractivity contribution in [1.82, 2.24) is 4.90 Å². The van der Waals surface area contributed by atoms with Crippen LogP contribution >= 0.6 is 0 Å². The molecule has 3 heterocycles. The van der Waals surface area contributed by atoms with Gasteiger partial charge >= 0.3 is 0 Å². The van der Waals surface area contributed by atoms with Gasteiger partial charge in [-0.25, -0.2) is 0 Å². The Morgan fingerprint density at radius 2 is 2.07 bits per heavy atom. The second kappa shape index (κ2) is 3.65. The first kappa shape index (κ1) is 9.43. The van der Waals surface area contributed by atoms with E-state index in [4.69, 9.17) is 4.42 Å². The van der Waals surface area contributed by atoms with Crippen molar-refractivity contribution >= 4 is 0 Å². The molecule has 2 aliphatic heterocycles. The third-order valence-corrected chi connectivity index (χ3v) is 3.78. The highest BCUT2D eigenvalue weighted by atomic mass is 16.3. The lowest BCUT2D eigenvalue weighted by Crippen LogP contribution is -2.43. The average Bonchev–Trinajstić information content (AvgIpc) is 2.77. The molecule has 0 saturated carbocycles. The molecule has 2 unspecified atom stereocenters. The number of hydrogen-bond donors (Lipinski definition) is 1. The van der Waals surface area contributed by atoms with Gasteiger partial charge in [0.25, 0.3) is 0 Å². The van der Waals surface area contributed by atoms with Gasteiger partial charge in [-0.05, 0) is 37.8 Å². The zero-order valence-corrected chi connectivity index (χ0v) is 8.80. The molecule has 2 atom stereocenters. The molecule has 15 heavy (non-hydrogen) atoms. The maximum absolute atomic E-state index is 9.68. The van der Waals surface area contributed by atoms with Crippen molar-refractivity contribution in [1.29, 1.82) is 0 Å². The van der Waals surface area contributed by atoms with Crippen LogP contribution in [0.4, 0.5) is 0 Å². The maximum Gasteiger partial charge on any atom is 0.117 e. The van der Waals surface area contributed by atoms with E-state index in [1.54, 1.807) is 6.26 Å². The summed E-state index contributed by atoms with van der Waals surface area (Å²) >= 11 is 0. The van der Waals surface area contributed by atoms with E-state index >= 15 is 0 Å². The fourth-order valence-electron chi connectivity index (χ4n) is 3.09. The van der Waals surface area contributed by atoms with Gasteiger partial charge in [0, 0.05) is 12.1 Å². The first-order valence-corrected chi connectivity index (χ1v) is 5.79. The second-order valence-electron chi connectivity index (χ2n) is 4.76. The lowest BCUT2D eigenvalue weighted by molar-refractivity contribution is 0.0275. The van der Waals surface area contributed by atoms with E-state index in [2.05, 4.69) is 4.90 Å². The molecule has 3 heteroatoms. The predicted octanol–water partition coefficient (Wildman–Crippen LogP) is 1.77. The minimum absolute atomic E-state index is 0.0737. The topological polar surface area (TPSA) is 36.6 Å². The Kier molecular flexibility index (Phi) is 2.29. The van der Waals surface area contributed by atoms with E-state index in [9.17, 15) is 5.11 Å². The van der Waals surface area contributed by atoms with Crippen LogP contribution in [0.25, 0.3) is 0 Å². The summed E-state index contributed by atoms with van der Waals surface area (Å²) in [4.78, 5) is 2.51. The van der Waals surface area contributed by atoms with Crippen LogP contribution in [-0.2, 0) is 6.54 Å². The van der Waals surface area contributed by atoms with Gasteiger partial charge in [0.15, 0.2) is 0 Å². The van der Waals surface area contributed by atoms with Crippen LogP contribution in [0, 0.1) is 0 Å². The molecule has 0 aromatic carbocycles. The lowest BCUT2D eigenvalue weighted by Gasteiger charge is -2.36. The summed E-state index contributed by atoms with van der Waals surface area (Å²) in [5, 5.41) is 9.68. The first-order valence-electron chi connectivity index (χ1n) is 5.79. The van der Waals surface area contributed by atoms with Crippen LogP contribution in [-0.4, -0.2) is 28.2 Å². The van der Waals surface area contributed by atoms with Gasteiger partial charge in [-0.1, -0.05) is 0 Å². The minimum Gasteiger partial charge on any atom is -0.468 e. The van der Waals surface area contributed by atoms with Gasteiger partial charge in [0.1, 0.15) is 5.76 Å². The largest absolute Gasteiger partial charge is 0.468 e. The fourth-order valence-corrected chi connectivity index (χ4v) is 3.09. The molecular weight excluding hydrogens is 190 g/mol. The number of nitrogens with zero attached hydrogens (tertiary/aromatic N) is 1. The number of rotatable bonds is 2. The highest BCUT2D eigenvalue weighted by Crippen LogP contribution is 2.36. The molecule has 2 fully saturated rings. The Bertz CT molecular complexity index is 308. The molecule has 1 aromatic rings. The third-order valence-electron chi connectivity index (χ3n) is 3.78. The van der Waals surface area contributed by atoms with Crippen LogP contribution in [0.15, 0.2) is 22.8 Å². The van der Waals surface area contributed by atoms with Gasteiger partial charge < -0.3 is 9.52 Å². The molecule has 82 valence electrons. The zero-order valence-electron chi connectivity index (χ0n) is 8.80. The Morgan fingerprint density at radius 1 is 1.33 bits per heavy atom. The number of hydrogen-bond acceptors (Lipinski definition) is 3. The Balaban J connectivity index is 1.72. The predicted molar refractivity (Wildman–Crippen MR) is 56.3 cm³/mol. The molecular formula is C12H17NO2. The van der Waals surface area contributed by atoms with Crippen LogP contribution < -0.4 is 0 Å². The number of aliphatic hydroxyl groups is 1. The molecule has 2 saturated heterocycles. The van der Waals surface area contributed by atoms with Gasteiger partial charge in [0.2, 0.25) is 0 Å². The lowest BCUT2D eigenvalue weighted by atomic mass is 10.00. The van der Waals surface area contributed by atoms with E-state index in [0.717, 1.165) is 25.1 Å². The van der Waals surface area contributed by atoms with E-state index < -0.39 is 0 Å². The third kappa shape index (κ3) is 1.70. The Hall–Kier alpha value is -0.800. The summed E-state index contributed by atoms with van der Waals surface area (Å²) in [5.41, 5.74) is 0. The fraction of sp³-hybridized carbons (Fsp3) is 0.667. The highest BCUT2D eigenvalue weighted by molar-refractivity contribution is 5.02. The molecule has 0 amide bonds. The molecule has 2 aliphatic rings. The number of fused-ring (bicyclic) bond motifs is 2. The Labute approximate surface area is 89.7 Å². The number of furan rings is 1. The first-order chi connectivity index (χ1) is 7.33. The van der Waals surface area contributed by atoms with Crippen molar-refractivity contribution < 1.29 is 9.52 Å². The summed E-state index contributed by atoms with van der Waals surface area (Å²) in [6.45, 7) is 0.912. The molecule has 1 N–H and O–H groups in total. The molecule has 2 bridgehead atoms. The van der Waals surface area contributed by atoms with Crippen LogP contribution in [0.3, 0.4) is 0 Å². The van der Waals surface area contributed by atoms with Crippen molar-refractivity contribution in [3.8, 4) is 0 Å². The van der Waals surface area contributed by atoms with E-state index in [0.29, 0.717) is 12.1 Å². The van der Waals surface area contributed by atoms with Crippen molar-refractivity contribution in [3.05, 3.63) is 24.2 Å². The van der Waals surface area contributed by atoms with Crippen LogP contribution in [0.1, 0.15) is 31.4 Å². The summed E-state index contributed by atoms with van der Waals surface area (Å²) in [7, 11) is 0. The van der Waals surface area contributed by atoms with Gasteiger partial charge in [0.05, 0.1) is 18.9 Å². The van der Waals surface area contributed by atoms with E-state index in [1.807, 2.05) is 12.1 Å². The summed E-state index contributed by atoms with van der Waals surface area (Å²) in [6.07, 6.45) is 6.02. The number of piperidine rings is 1.